The highest BCUT2D eigenvalue weighted by atomic mass is 32.1. The third kappa shape index (κ3) is 4.09. The number of thiophene rings is 1. The van der Waals surface area contributed by atoms with Gasteiger partial charge in [0.25, 0.3) is 0 Å². The van der Waals surface area contributed by atoms with Crippen molar-refractivity contribution >= 4 is 11.3 Å². The van der Waals surface area contributed by atoms with Gasteiger partial charge in [0.05, 0.1) is 0 Å². The quantitative estimate of drug-likeness (QED) is 0.837. The molecule has 0 bridgehead atoms. The van der Waals surface area contributed by atoms with Crippen LogP contribution in [0.25, 0.3) is 0 Å². The van der Waals surface area contributed by atoms with Gasteiger partial charge in [0, 0.05) is 24.0 Å². The average molecular weight is 252 g/mol. The minimum Gasteiger partial charge on any atom is -0.315 e. The van der Waals surface area contributed by atoms with E-state index in [9.17, 15) is 0 Å². The van der Waals surface area contributed by atoms with Crippen LogP contribution >= 0.6 is 11.3 Å². The highest BCUT2D eigenvalue weighted by Crippen LogP contribution is 2.18. The van der Waals surface area contributed by atoms with E-state index in [4.69, 9.17) is 0 Å². The second kappa shape index (κ2) is 7.14. The molecule has 1 fully saturated rings. The summed E-state index contributed by atoms with van der Waals surface area (Å²) < 4.78 is 0. The minimum absolute atomic E-state index is 0.767. The van der Waals surface area contributed by atoms with Crippen LogP contribution in [0.1, 0.15) is 31.1 Å². The van der Waals surface area contributed by atoms with Crippen LogP contribution in [-0.4, -0.2) is 37.1 Å². The molecule has 1 N–H and O–H groups in total. The first kappa shape index (κ1) is 13.1. The smallest absolute Gasteiger partial charge is 0.0220 e. The van der Waals surface area contributed by atoms with Crippen molar-refractivity contribution < 1.29 is 0 Å². The zero-order valence-electron chi connectivity index (χ0n) is 10.8. The maximum Gasteiger partial charge on any atom is 0.0220 e. The van der Waals surface area contributed by atoms with E-state index >= 15 is 0 Å². The number of nitrogens with zero attached hydrogens (tertiary/aromatic N) is 1. The van der Waals surface area contributed by atoms with Crippen LogP contribution in [0.15, 0.2) is 17.5 Å². The van der Waals surface area contributed by atoms with E-state index in [1.165, 1.54) is 50.2 Å². The fraction of sp³-hybridized carbons (Fsp3) is 0.714. The summed E-state index contributed by atoms with van der Waals surface area (Å²) >= 11 is 1.89. The van der Waals surface area contributed by atoms with E-state index in [0.29, 0.717) is 0 Å². The molecule has 1 aromatic rings. The lowest BCUT2D eigenvalue weighted by Gasteiger charge is -2.35. The second-order valence-electron chi connectivity index (χ2n) is 4.82. The van der Waals surface area contributed by atoms with Crippen molar-refractivity contribution in [3.05, 3.63) is 22.4 Å². The predicted octanol–water partition coefficient (Wildman–Crippen LogP) is 2.75. The number of nitrogens with one attached hydrogen (secondary N) is 1. The van der Waals surface area contributed by atoms with E-state index in [1.807, 2.05) is 11.3 Å². The highest BCUT2D eigenvalue weighted by molar-refractivity contribution is 7.09. The summed E-state index contributed by atoms with van der Waals surface area (Å²) in [6.45, 7) is 6.98. The number of piperidine rings is 1. The van der Waals surface area contributed by atoms with Gasteiger partial charge in [-0.25, -0.2) is 0 Å². The molecule has 2 nitrogen and oxygen atoms in total. The molecule has 1 saturated heterocycles. The molecule has 1 atom stereocenters. The lowest BCUT2D eigenvalue weighted by atomic mass is 10.0. The third-order valence-corrected chi connectivity index (χ3v) is 4.54. The number of hydrogen-bond donors (Lipinski definition) is 1. The van der Waals surface area contributed by atoms with Crippen LogP contribution in [-0.2, 0) is 6.42 Å². The van der Waals surface area contributed by atoms with Crippen molar-refractivity contribution in [2.75, 3.05) is 26.2 Å². The van der Waals surface area contributed by atoms with Crippen LogP contribution in [0.4, 0.5) is 0 Å². The molecule has 3 heteroatoms. The van der Waals surface area contributed by atoms with Gasteiger partial charge in [-0.1, -0.05) is 19.4 Å². The molecular weight excluding hydrogens is 228 g/mol. The molecular formula is C14H24N2S. The van der Waals surface area contributed by atoms with E-state index in [2.05, 4.69) is 34.7 Å². The first-order chi connectivity index (χ1) is 8.40. The van der Waals surface area contributed by atoms with Crippen LogP contribution in [0, 0.1) is 0 Å². The van der Waals surface area contributed by atoms with Crippen molar-refractivity contribution in [1.29, 1.82) is 0 Å². The summed E-state index contributed by atoms with van der Waals surface area (Å²) in [5, 5.41) is 5.68. The Labute approximate surface area is 109 Å². The van der Waals surface area contributed by atoms with Crippen molar-refractivity contribution in [2.24, 2.45) is 0 Å². The fourth-order valence-electron chi connectivity index (χ4n) is 2.61. The fourth-order valence-corrected chi connectivity index (χ4v) is 3.30. The Morgan fingerprint density at radius 3 is 3.18 bits per heavy atom. The zero-order chi connectivity index (χ0) is 11.9. The Kier molecular flexibility index (Phi) is 5.49. The number of hydrogen-bond acceptors (Lipinski definition) is 3. The summed E-state index contributed by atoms with van der Waals surface area (Å²) in [5.41, 5.74) is 0. The van der Waals surface area contributed by atoms with Gasteiger partial charge >= 0.3 is 0 Å². The Hall–Kier alpha value is -0.380. The lowest BCUT2D eigenvalue weighted by Crippen LogP contribution is -2.46. The largest absolute Gasteiger partial charge is 0.315 e. The predicted molar refractivity (Wildman–Crippen MR) is 75.8 cm³/mol. The van der Waals surface area contributed by atoms with E-state index in [1.54, 1.807) is 0 Å². The zero-order valence-corrected chi connectivity index (χ0v) is 11.6. The molecule has 1 aromatic heterocycles. The molecule has 0 aromatic carbocycles. The van der Waals surface area contributed by atoms with E-state index in [0.717, 1.165) is 12.6 Å². The molecule has 1 aliphatic heterocycles. The third-order valence-electron chi connectivity index (χ3n) is 3.60. The molecule has 1 unspecified atom stereocenters. The standard InChI is InChI=1S/C14H24N2S/c1-2-15-12-13-6-3-4-9-16(13)10-8-14-7-5-11-17-14/h5,7,11,13,15H,2-4,6,8-10,12H2,1H3. The van der Waals surface area contributed by atoms with Gasteiger partial charge in [-0.15, -0.1) is 11.3 Å². The molecule has 0 spiro atoms. The number of likely N-dealkylation sites (tertiary alicyclic amines) is 1. The molecule has 17 heavy (non-hydrogen) atoms. The number of rotatable bonds is 6. The molecule has 1 aliphatic rings. The van der Waals surface area contributed by atoms with Crippen LogP contribution in [0.3, 0.4) is 0 Å². The van der Waals surface area contributed by atoms with Crippen LogP contribution in [0.5, 0.6) is 0 Å². The summed E-state index contributed by atoms with van der Waals surface area (Å²) in [6.07, 6.45) is 5.39. The minimum atomic E-state index is 0.767. The topological polar surface area (TPSA) is 15.3 Å². The monoisotopic (exact) mass is 252 g/mol. The van der Waals surface area contributed by atoms with Crippen molar-refractivity contribution in [3.8, 4) is 0 Å². The van der Waals surface area contributed by atoms with Crippen molar-refractivity contribution in [3.63, 3.8) is 0 Å². The second-order valence-corrected chi connectivity index (χ2v) is 5.85. The van der Waals surface area contributed by atoms with Crippen molar-refractivity contribution in [1.82, 2.24) is 10.2 Å². The lowest BCUT2D eigenvalue weighted by molar-refractivity contribution is 0.148. The first-order valence-electron chi connectivity index (χ1n) is 6.87. The molecule has 0 aliphatic carbocycles. The van der Waals surface area contributed by atoms with Gasteiger partial charge in [-0.05, 0) is 43.8 Å². The van der Waals surface area contributed by atoms with Crippen LogP contribution in [0.2, 0.25) is 0 Å². The first-order valence-corrected chi connectivity index (χ1v) is 7.75. The van der Waals surface area contributed by atoms with Gasteiger partial charge in [0.15, 0.2) is 0 Å². The normalized spacial score (nSPS) is 21.8. The number of likely N-dealkylation sites (N-methyl/N-ethyl adjacent to an activating group) is 1. The molecule has 2 heterocycles. The summed E-state index contributed by atoms with van der Waals surface area (Å²) in [6, 6.07) is 5.18. The van der Waals surface area contributed by atoms with Crippen LogP contribution < -0.4 is 5.32 Å². The van der Waals surface area contributed by atoms with Gasteiger partial charge < -0.3 is 5.32 Å². The Morgan fingerprint density at radius 1 is 1.47 bits per heavy atom. The van der Waals surface area contributed by atoms with Crippen molar-refractivity contribution in [2.45, 2.75) is 38.6 Å². The molecule has 0 radical (unpaired) electrons. The molecule has 96 valence electrons. The maximum absolute atomic E-state index is 3.50. The molecule has 0 saturated carbocycles. The highest BCUT2D eigenvalue weighted by Gasteiger charge is 2.21. The summed E-state index contributed by atoms with van der Waals surface area (Å²) in [5.74, 6) is 0. The van der Waals surface area contributed by atoms with Gasteiger partial charge in [-0.3, -0.25) is 4.90 Å². The average Bonchev–Trinajstić information content (AvgIpc) is 2.88. The summed E-state index contributed by atoms with van der Waals surface area (Å²) in [7, 11) is 0. The Morgan fingerprint density at radius 2 is 2.41 bits per heavy atom. The molecule has 2 rings (SSSR count). The Balaban J connectivity index is 1.79. The maximum atomic E-state index is 3.50. The Bertz CT molecular complexity index is 297. The van der Waals surface area contributed by atoms with Gasteiger partial charge in [-0.2, -0.15) is 0 Å². The van der Waals surface area contributed by atoms with E-state index in [-0.39, 0.29) is 0 Å². The van der Waals surface area contributed by atoms with Gasteiger partial charge in [0.1, 0.15) is 0 Å². The summed E-state index contributed by atoms with van der Waals surface area (Å²) in [4.78, 5) is 4.21. The van der Waals surface area contributed by atoms with Gasteiger partial charge in [0.2, 0.25) is 0 Å². The van der Waals surface area contributed by atoms with E-state index < -0.39 is 0 Å². The molecule has 0 amide bonds. The SMILES string of the molecule is CCNCC1CCCCN1CCc1cccs1.